The summed E-state index contributed by atoms with van der Waals surface area (Å²) < 4.78 is 25.6. The van der Waals surface area contributed by atoms with E-state index in [1.807, 2.05) is 13.8 Å². The van der Waals surface area contributed by atoms with E-state index in [0.29, 0.717) is 0 Å². The van der Waals surface area contributed by atoms with Crippen molar-refractivity contribution in [1.29, 1.82) is 0 Å². The van der Waals surface area contributed by atoms with Gasteiger partial charge in [-0.2, -0.15) is 0 Å². The molecular weight excluding hydrogens is 262 g/mol. The quantitative estimate of drug-likeness (QED) is 0.843. The van der Waals surface area contributed by atoms with Crippen molar-refractivity contribution in [3.05, 3.63) is 0 Å². The minimum absolute atomic E-state index is 0.0452. The molecule has 3 nitrogen and oxygen atoms in total. The zero-order chi connectivity index (χ0) is 14.8. The minimum atomic E-state index is -2.60. The Kier molecular flexibility index (Phi) is 4.67. The average molecular weight is 288 g/mol. The predicted molar refractivity (Wildman–Crippen MR) is 74.8 cm³/mol. The second kappa shape index (κ2) is 5.96. The molecule has 1 aliphatic carbocycles. The predicted octanol–water partition coefficient (Wildman–Crippen LogP) is 2.80. The van der Waals surface area contributed by atoms with E-state index in [9.17, 15) is 13.6 Å². The van der Waals surface area contributed by atoms with E-state index in [1.165, 1.54) is 25.7 Å². The molecule has 1 aliphatic heterocycles. The van der Waals surface area contributed by atoms with E-state index in [-0.39, 0.29) is 24.3 Å². The standard InChI is InChI=1S/C15H26F2N2O/c1-14(2,11-19-7-5-3-4-6-8-19)18-13(20)9-12-10-15(12,16)17/h12H,3-11H2,1-2H3,(H,18,20). The highest BCUT2D eigenvalue weighted by Crippen LogP contribution is 2.50. The molecule has 1 amide bonds. The van der Waals surface area contributed by atoms with Gasteiger partial charge >= 0.3 is 0 Å². The van der Waals surface area contributed by atoms with Crippen molar-refractivity contribution >= 4 is 5.91 Å². The van der Waals surface area contributed by atoms with E-state index >= 15 is 0 Å². The van der Waals surface area contributed by atoms with Crippen LogP contribution >= 0.6 is 0 Å². The summed E-state index contributed by atoms with van der Waals surface area (Å²) in [5.74, 6) is -3.59. The van der Waals surface area contributed by atoms with Gasteiger partial charge in [0.2, 0.25) is 5.91 Å². The van der Waals surface area contributed by atoms with Gasteiger partial charge in [-0.3, -0.25) is 4.79 Å². The Hall–Kier alpha value is -0.710. The highest BCUT2D eigenvalue weighted by atomic mass is 19.3. The lowest BCUT2D eigenvalue weighted by atomic mass is 10.0. The molecule has 0 spiro atoms. The maximum Gasteiger partial charge on any atom is 0.252 e. The summed E-state index contributed by atoms with van der Waals surface area (Å²) in [5.41, 5.74) is -0.356. The molecule has 0 aromatic carbocycles. The fourth-order valence-corrected chi connectivity index (χ4v) is 3.04. The first-order valence-corrected chi connectivity index (χ1v) is 7.70. The number of hydrogen-bond donors (Lipinski definition) is 1. The van der Waals surface area contributed by atoms with Gasteiger partial charge in [-0.25, -0.2) is 8.78 Å². The fraction of sp³-hybridized carbons (Fsp3) is 0.933. The van der Waals surface area contributed by atoms with Gasteiger partial charge in [0.25, 0.3) is 5.92 Å². The summed E-state index contributed by atoms with van der Waals surface area (Å²) in [7, 11) is 0. The van der Waals surface area contributed by atoms with E-state index in [0.717, 1.165) is 19.6 Å². The van der Waals surface area contributed by atoms with Crippen molar-refractivity contribution in [3.8, 4) is 0 Å². The smallest absolute Gasteiger partial charge is 0.252 e. The lowest BCUT2D eigenvalue weighted by Gasteiger charge is -2.33. The molecule has 2 rings (SSSR count). The van der Waals surface area contributed by atoms with Gasteiger partial charge in [0.1, 0.15) is 0 Å². The first-order valence-electron chi connectivity index (χ1n) is 7.70. The van der Waals surface area contributed by atoms with Crippen LogP contribution in [0.1, 0.15) is 52.4 Å². The van der Waals surface area contributed by atoms with Gasteiger partial charge in [0, 0.05) is 30.8 Å². The topological polar surface area (TPSA) is 32.3 Å². The fourth-order valence-electron chi connectivity index (χ4n) is 3.04. The molecule has 0 radical (unpaired) electrons. The number of likely N-dealkylation sites (tertiary alicyclic amines) is 1. The number of carbonyl (C=O) groups is 1. The highest BCUT2D eigenvalue weighted by Gasteiger charge is 2.57. The second-order valence-electron chi connectivity index (χ2n) is 6.99. The molecule has 1 saturated heterocycles. The number of rotatable bonds is 5. The molecule has 0 bridgehead atoms. The number of nitrogens with zero attached hydrogens (tertiary/aromatic N) is 1. The summed E-state index contributed by atoms with van der Waals surface area (Å²) in [4.78, 5) is 14.2. The van der Waals surface area contributed by atoms with Gasteiger partial charge in [-0.05, 0) is 39.8 Å². The number of carbonyl (C=O) groups excluding carboxylic acids is 1. The first kappa shape index (κ1) is 15.7. The van der Waals surface area contributed by atoms with Gasteiger partial charge in [-0.1, -0.05) is 12.8 Å². The molecular formula is C15H26F2N2O. The highest BCUT2D eigenvalue weighted by molar-refractivity contribution is 5.77. The molecule has 1 atom stereocenters. The Bertz CT molecular complexity index is 350. The van der Waals surface area contributed by atoms with Crippen molar-refractivity contribution in [2.45, 2.75) is 63.8 Å². The van der Waals surface area contributed by atoms with Crippen molar-refractivity contribution in [2.75, 3.05) is 19.6 Å². The van der Waals surface area contributed by atoms with Gasteiger partial charge in [0.15, 0.2) is 0 Å². The van der Waals surface area contributed by atoms with Gasteiger partial charge in [0.05, 0.1) is 0 Å². The van der Waals surface area contributed by atoms with E-state index in [1.54, 1.807) is 0 Å². The van der Waals surface area contributed by atoms with Crippen LogP contribution in [0.25, 0.3) is 0 Å². The van der Waals surface area contributed by atoms with E-state index < -0.39 is 11.8 Å². The zero-order valence-corrected chi connectivity index (χ0v) is 12.6. The number of hydrogen-bond acceptors (Lipinski definition) is 2. The van der Waals surface area contributed by atoms with Crippen LogP contribution < -0.4 is 5.32 Å². The number of amides is 1. The Morgan fingerprint density at radius 1 is 1.25 bits per heavy atom. The van der Waals surface area contributed by atoms with Gasteiger partial charge < -0.3 is 10.2 Å². The first-order chi connectivity index (χ1) is 9.28. The molecule has 1 saturated carbocycles. The summed E-state index contributed by atoms with van der Waals surface area (Å²) in [6.45, 7) is 6.88. The second-order valence-corrected chi connectivity index (χ2v) is 6.99. The van der Waals surface area contributed by atoms with Crippen LogP contribution in [0.5, 0.6) is 0 Å². The van der Waals surface area contributed by atoms with Crippen molar-refractivity contribution < 1.29 is 13.6 Å². The van der Waals surface area contributed by atoms with Crippen LogP contribution in [0.2, 0.25) is 0 Å². The zero-order valence-electron chi connectivity index (χ0n) is 12.6. The Morgan fingerprint density at radius 2 is 1.80 bits per heavy atom. The van der Waals surface area contributed by atoms with E-state index in [2.05, 4.69) is 10.2 Å². The van der Waals surface area contributed by atoms with Crippen LogP contribution in [-0.4, -0.2) is 41.9 Å². The molecule has 1 heterocycles. The maximum absolute atomic E-state index is 12.8. The molecule has 5 heteroatoms. The monoisotopic (exact) mass is 288 g/mol. The minimum Gasteiger partial charge on any atom is -0.350 e. The Labute approximate surface area is 120 Å². The van der Waals surface area contributed by atoms with Crippen LogP contribution in [0, 0.1) is 5.92 Å². The van der Waals surface area contributed by atoms with Crippen LogP contribution in [0.4, 0.5) is 8.78 Å². The van der Waals surface area contributed by atoms with Crippen molar-refractivity contribution in [1.82, 2.24) is 10.2 Å². The Balaban J connectivity index is 1.76. The molecule has 0 aromatic heterocycles. The van der Waals surface area contributed by atoms with Crippen LogP contribution in [0.15, 0.2) is 0 Å². The molecule has 2 aliphatic rings. The van der Waals surface area contributed by atoms with E-state index in [4.69, 9.17) is 0 Å². The lowest BCUT2D eigenvalue weighted by molar-refractivity contribution is -0.123. The van der Waals surface area contributed by atoms with Gasteiger partial charge in [-0.15, -0.1) is 0 Å². The molecule has 1 unspecified atom stereocenters. The maximum atomic E-state index is 12.8. The number of halogens is 2. The third-order valence-electron chi connectivity index (χ3n) is 4.18. The summed E-state index contributed by atoms with van der Waals surface area (Å²) in [6.07, 6.45) is 4.79. The van der Waals surface area contributed by atoms with Crippen molar-refractivity contribution in [2.24, 2.45) is 5.92 Å². The molecule has 2 fully saturated rings. The third kappa shape index (κ3) is 4.69. The van der Waals surface area contributed by atoms with Crippen LogP contribution in [0.3, 0.4) is 0 Å². The molecule has 1 N–H and O–H groups in total. The molecule has 0 aromatic rings. The van der Waals surface area contributed by atoms with Crippen molar-refractivity contribution in [3.63, 3.8) is 0 Å². The lowest BCUT2D eigenvalue weighted by Crippen LogP contribution is -2.51. The third-order valence-corrected chi connectivity index (χ3v) is 4.18. The molecule has 116 valence electrons. The molecule has 20 heavy (non-hydrogen) atoms. The Morgan fingerprint density at radius 3 is 2.30 bits per heavy atom. The van der Waals surface area contributed by atoms with Crippen LogP contribution in [-0.2, 0) is 4.79 Å². The summed E-state index contributed by atoms with van der Waals surface area (Å²) >= 11 is 0. The normalized spacial score (nSPS) is 26.9. The number of nitrogens with one attached hydrogen (secondary N) is 1. The SMILES string of the molecule is CC(C)(CN1CCCCCC1)NC(=O)CC1CC1(F)F. The summed E-state index contributed by atoms with van der Waals surface area (Å²) in [5, 5.41) is 2.92. The number of alkyl halides is 2. The summed E-state index contributed by atoms with van der Waals surface area (Å²) in [6, 6.07) is 0. The average Bonchev–Trinajstić information content (AvgIpc) is 2.95. The largest absolute Gasteiger partial charge is 0.350 e.